The minimum absolute atomic E-state index is 0.000704. The Bertz CT molecular complexity index is 1780. The molecule has 0 radical (unpaired) electrons. The zero-order valence-corrected chi connectivity index (χ0v) is 26.1. The van der Waals surface area contributed by atoms with Crippen molar-refractivity contribution >= 4 is 23.2 Å². The number of nitrogens with zero attached hydrogens (tertiary/aromatic N) is 6. The van der Waals surface area contributed by atoms with Gasteiger partial charge in [-0.3, -0.25) is 9.59 Å². The molecule has 2 atom stereocenters. The molecule has 1 aliphatic heterocycles. The van der Waals surface area contributed by atoms with Gasteiger partial charge in [0.25, 0.3) is 5.91 Å². The van der Waals surface area contributed by atoms with Gasteiger partial charge in [-0.2, -0.15) is 5.10 Å². The summed E-state index contributed by atoms with van der Waals surface area (Å²) in [5.74, 6) is 0.940. The number of carbonyl (C=O) groups excluding carboxylic acids is 2. The van der Waals surface area contributed by atoms with Crippen molar-refractivity contribution in [1.29, 1.82) is 0 Å². The van der Waals surface area contributed by atoms with E-state index in [2.05, 4.69) is 34.3 Å². The Labute approximate surface area is 263 Å². The number of aromatic nitrogens is 4. The number of rotatable bonds is 11. The van der Waals surface area contributed by atoms with Crippen LogP contribution in [0.3, 0.4) is 0 Å². The van der Waals surface area contributed by atoms with Gasteiger partial charge in [-0.05, 0) is 68.9 Å². The van der Waals surface area contributed by atoms with Crippen LogP contribution in [0.15, 0.2) is 91.3 Å². The van der Waals surface area contributed by atoms with E-state index in [1.165, 1.54) is 0 Å². The highest BCUT2D eigenvalue weighted by molar-refractivity contribution is 5.95. The number of benzene rings is 2. The first kappa shape index (κ1) is 30.1. The number of hydrogen-bond donors (Lipinski definition) is 1. The van der Waals surface area contributed by atoms with Gasteiger partial charge in [0, 0.05) is 49.5 Å². The van der Waals surface area contributed by atoms with Crippen LogP contribution in [0, 0.1) is 5.92 Å². The van der Waals surface area contributed by atoms with Crippen LogP contribution in [0.25, 0.3) is 28.0 Å². The van der Waals surface area contributed by atoms with Crippen molar-refractivity contribution < 1.29 is 9.59 Å². The van der Waals surface area contributed by atoms with E-state index >= 15 is 0 Å². The number of carbonyl (C=O) groups is 2. The standard InChI is InChI=1S/C36H39N7O2/c1-25-23-42(35(45)28-16-14-26(15-17-28)22-29(44)12-9-20-41(2)3)24-31(25)39-36-37-19-18-30(38-36)33-32-13-7-8-21-43(32)40-34(33)27-10-5-4-6-11-27/h4-8,10-11,13-19,21,25,31H,9,12,20,22-24H2,1-3H3,(H,37,38,39)/t25-,31+/m0/s1. The Morgan fingerprint density at radius 1 is 0.956 bits per heavy atom. The van der Waals surface area contributed by atoms with Crippen molar-refractivity contribution in [2.75, 3.05) is 39.0 Å². The average molecular weight is 602 g/mol. The van der Waals surface area contributed by atoms with E-state index in [1.54, 1.807) is 6.20 Å². The molecule has 1 fully saturated rings. The van der Waals surface area contributed by atoms with E-state index in [-0.39, 0.29) is 23.7 Å². The zero-order chi connectivity index (χ0) is 31.3. The first-order valence-electron chi connectivity index (χ1n) is 15.5. The Morgan fingerprint density at radius 3 is 2.51 bits per heavy atom. The Morgan fingerprint density at radius 2 is 1.73 bits per heavy atom. The van der Waals surface area contributed by atoms with E-state index < -0.39 is 0 Å². The number of Topliss-reactive ketones (excluding diaryl/α,β-unsaturated/α-hetero) is 1. The van der Waals surface area contributed by atoms with Crippen molar-refractivity contribution in [3.05, 3.63) is 102 Å². The summed E-state index contributed by atoms with van der Waals surface area (Å²) in [4.78, 5) is 39.2. The molecule has 1 aliphatic rings. The quantitative estimate of drug-likeness (QED) is 0.214. The first-order valence-corrected chi connectivity index (χ1v) is 15.5. The minimum Gasteiger partial charge on any atom is -0.349 e. The van der Waals surface area contributed by atoms with Gasteiger partial charge in [-0.1, -0.05) is 55.5 Å². The molecular weight excluding hydrogens is 562 g/mol. The van der Waals surface area contributed by atoms with Gasteiger partial charge in [-0.15, -0.1) is 0 Å². The number of amides is 1. The Hall–Kier alpha value is -4.89. The van der Waals surface area contributed by atoms with Gasteiger partial charge < -0.3 is 15.1 Å². The molecule has 9 nitrogen and oxygen atoms in total. The molecule has 5 aromatic rings. The third kappa shape index (κ3) is 6.94. The van der Waals surface area contributed by atoms with Crippen LogP contribution in [0.2, 0.25) is 0 Å². The van der Waals surface area contributed by atoms with Crippen molar-refractivity contribution in [2.24, 2.45) is 5.92 Å². The summed E-state index contributed by atoms with van der Waals surface area (Å²) >= 11 is 0. The lowest BCUT2D eigenvalue weighted by molar-refractivity contribution is -0.118. The van der Waals surface area contributed by atoms with E-state index in [4.69, 9.17) is 10.1 Å². The second-order valence-corrected chi connectivity index (χ2v) is 12.1. The normalized spacial score (nSPS) is 16.4. The Kier molecular flexibility index (Phi) is 8.98. The van der Waals surface area contributed by atoms with Crippen molar-refractivity contribution in [3.8, 4) is 22.5 Å². The van der Waals surface area contributed by atoms with E-state index in [9.17, 15) is 9.59 Å². The topological polar surface area (TPSA) is 95.7 Å². The van der Waals surface area contributed by atoms with Gasteiger partial charge in [0.2, 0.25) is 5.95 Å². The number of hydrogen-bond acceptors (Lipinski definition) is 7. The number of pyridine rings is 1. The van der Waals surface area contributed by atoms with Crippen LogP contribution in [-0.4, -0.2) is 80.8 Å². The lowest BCUT2D eigenvalue weighted by Crippen LogP contribution is -2.32. The summed E-state index contributed by atoms with van der Waals surface area (Å²) in [6.07, 6.45) is 5.53. The van der Waals surface area contributed by atoms with E-state index in [0.717, 1.165) is 46.6 Å². The van der Waals surface area contributed by atoms with Crippen LogP contribution in [0.1, 0.15) is 35.7 Å². The van der Waals surface area contributed by atoms with Gasteiger partial charge >= 0.3 is 0 Å². The van der Waals surface area contributed by atoms with Crippen LogP contribution >= 0.6 is 0 Å². The molecule has 0 bridgehead atoms. The molecule has 2 aromatic carbocycles. The number of anilines is 1. The number of fused-ring (bicyclic) bond motifs is 1. The molecule has 4 heterocycles. The monoisotopic (exact) mass is 601 g/mol. The highest BCUT2D eigenvalue weighted by atomic mass is 16.2. The molecule has 9 heteroatoms. The van der Waals surface area contributed by atoms with Crippen molar-refractivity contribution in [3.63, 3.8) is 0 Å². The predicted octanol–water partition coefficient (Wildman–Crippen LogP) is 5.48. The molecule has 230 valence electrons. The molecule has 3 aromatic heterocycles. The summed E-state index contributed by atoms with van der Waals surface area (Å²) < 4.78 is 1.88. The van der Waals surface area contributed by atoms with Crippen LogP contribution in [-0.2, 0) is 11.2 Å². The van der Waals surface area contributed by atoms with Gasteiger partial charge in [0.15, 0.2) is 0 Å². The molecular formula is C36H39N7O2. The molecule has 1 N–H and O–H groups in total. The van der Waals surface area contributed by atoms with Gasteiger partial charge in [-0.25, -0.2) is 14.5 Å². The molecule has 6 rings (SSSR count). The maximum Gasteiger partial charge on any atom is 0.253 e. The summed E-state index contributed by atoms with van der Waals surface area (Å²) in [6, 6.07) is 25.5. The van der Waals surface area contributed by atoms with E-state index in [1.807, 2.05) is 96.4 Å². The van der Waals surface area contributed by atoms with Gasteiger partial charge in [0.05, 0.1) is 22.8 Å². The molecule has 0 spiro atoms. The van der Waals surface area contributed by atoms with Crippen LogP contribution < -0.4 is 5.32 Å². The molecule has 45 heavy (non-hydrogen) atoms. The third-order valence-electron chi connectivity index (χ3n) is 8.38. The smallest absolute Gasteiger partial charge is 0.253 e. The Balaban J connectivity index is 1.13. The zero-order valence-electron chi connectivity index (χ0n) is 26.1. The molecule has 1 amide bonds. The predicted molar refractivity (Wildman–Crippen MR) is 177 cm³/mol. The lowest BCUT2D eigenvalue weighted by Gasteiger charge is -2.18. The number of ketones is 1. The van der Waals surface area contributed by atoms with Crippen LogP contribution in [0.5, 0.6) is 0 Å². The maximum atomic E-state index is 13.4. The summed E-state index contributed by atoms with van der Waals surface area (Å²) in [5, 5.41) is 8.38. The first-order chi connectivity index (χ1) is 21.9. The fourth-order valence-electron chi connectivity index (χ4n) is 5.96. The van der Waals surface area contributed by atoms with Gasteiger partial charge in [0.1, 0.15) is 11.5 Å². The van der Waals surface area contributed by atoms with E-state index in [0.29, 0.717) is 37.4 Å². The molecule has 1 saturated heterocycles. The van der Waals surface area contributed by atoms with Crippen LogP contribution in [0.4, 0.5) is 5.95 Å². The number of likely N-dealkylation sites (tertiary alicyclic amines) is 1. The largest absolute Gasteiger partial charge is 0.349 e. The highest BCUT2D eigenvalue weighted by Gasteiger charge is 2.33. The summed E-state index contributed by atoms with van der Waals surface area (Å²) in [6.45, 7) is 4.22. The molecule has 0 aliphatic carbocycles. The fourth-order valence-corrected chi connectivity index (χ4v) is 5.96. The maximum absolute atomic E-state index is 13.4. The highest BCUT2D eigenvalue weighted by Crippen LogP contribution is 2.34. The second kappa shape index (κ2) is 13.4. The van der Waals surface area contributed by atoms with Crippen molar-refractivity contribution in [2.45, 2.75) is 32.2 Å². The van der Waals surface area contributed by atoms with Crippen molar-refractivity contribution in [1.82, 2.24) is 29.4 Å². The SMILES string of the molecule is C[C@H]1CN(C(=O)c2ccc(CC(=O)CCCN(C)C)cc2)C[C@H]1Nc1nccc(-c2c(-c3ccccc3)nn3ccccc23)n1. The third-order valence-corrected chi connectivity index (χ3v) is 8.38. The second-order valence-electron chi connectivity index (χ2n) is 12.1. The number of nitrogens with one attached hydrogen (secondary N) is 1. The molecule has 0 unspecified atom stereocenters. The fraction of sp³-hybridized carbons (Fsp3) is 0.306. The summed E-state index contributed by atoms with van der Waals surface area (Å²) in [7, 11) is 4.02. The summed E-state index contributed by atoms with van der Waals surface area (Å²) in [5.41, 5.74) is 6.14. The lowest BCUT2D eigenvalue weighted by atomic mass is 10.0. The molecule has 0 saturated carbocycles. The average Bonchev–Trinajstić information content (AvgIpc) is 3.62. The minimum atomic E-state index is -0.0106.